The SMILES string of the molecule is Cc1ccc(CCC[n+]2cc[nH]c2)cc1.[Br-]. The van der Waals surface area contributed by atoms with Crippen LogP contribution in [-0.4, -0.2) is 4.98 Å². The average molecular weight is 281 g/mol. The summed E-state index contributed by atoms with van der Waals surface area (Å²) in [7, 11) is 0. The van der Waals surface area contributed by atoms with Crippen LogP contribution in [0.1, 0.15) is 17.5 Å². The molecule has 2 rings (SSSR count). The number of halogens is 1. The molecule has 0 saturated heterocycles. The number of hydrogen-bond acceptors (Lipinski definition) is 0. The smallest absolute Gasteiger partial charge is 0.241 e. The van der Waals surface area contributed by atoms with Crippen molar-refractivity contribution in [1.29, 1.82) is 0 Å². The highest BCUT2D eigenvalue weighted by atomic mass is 79.9. The molecule has 0 aliphatic rings. The lowest BCUT2D eigenvalue weighted by molar-refractivity contribution is -0.696. The Bertz CT molecular complexity index is 392. The van der Waals surface area contributed by atoms with E-state index in [1.807, 2.05) is 12.5 Å². The first-order chi connectivity index (χ1) is 7.34. The molecule has 0 aliphatic carbocycles. The predicted octanol–water partition coefficient (Wildman–Crippen LogP) is -0.753. The lowest BCUT2D eigenvalue weighted by Crippen LogP contribution is -3.00. The zero-order valence-corrected chi connectivity index (χ0v) is 11.1. The minimum Gasteiger partial charge on any atom is -1.00 e. The molecule has 1 aromatic carbocycles. The van der Waals surface area contributed by atoms with Crippen LogP contribution in [0, 0.1) is 6.92 Å². The Labute approximate surface area is 107 Å². The van der Waals surface area contributed by atoms with Crippen molar-refractivity contribution in [3.63, 3.8) is 0 Å². The molecule has 86 valence electrons. The Morgan fingerprint density at radius 2 is 1.94 bits per heavy atom. The molecule has 0 saturated carbocycles. The third-order valence-corrected chi connectivity index (χ3v) is 2.60. The molecule has 1 heterocycles. The number of nitrogens with one attached hydrogen (secondary N) is 1. The Morgan fingerprint density at radius 3 is 2.56 bits per heavy atom. The van der Waals surface area contributed by atoms with Gasteiger partial charge in [0.05, 0.1) is 6.54 Å². The average Bonchev–Trinajstić information content (AvgIpc) is 2.74. The number of rotatable bonds is 4. The first-order valence-corrected chi connectivity index (χ1v) is 5.42. The van der Waals surface area contributed by atoms with E-state index in [2.05, 4.69) is 46.9 Å². The van der Waals surface area contributed by atoms with Crippen molar-refractivity contribution < 1.29 is 21.5 Å². The standard InChI is InChI=1S/C13H16N2.BrH/c1-12-4-6-13(7-5-12)3-2-9-15-10-8-14-11-15;/h4-8,10-11H,2-3,9H2,1H3;1H. The van der Waals surface area contributed by atoms with E-state index in [4.69, 9.17) is 0 Å². The fourth-order valence-corrected chi connectivity index (χ4v) is 1.68. The van der Waals surface area contributed by atoms with Gasteiger partial charge in [0.2, 0.25) is 6.33 Å². The maximum absolute atomic E-state index is 3.05. The quantitative estimate of drug-likeness (QED) is 0.712. The Balaban J connectivity index is 0.00000128. The summed E-state index contributed by atoms with van der Waals surface area (Å²) in [5.74, 6) is 0. The first kappa shape index (κ1) is 13.0. The van der Waals surface area contributed by atoms with Crippen molar-refractivity contribution in [1.82, 2.24) is 4.98 Å². The number of aromatic nitrogens is 2. The highest BCUT2D eigenvalue weighted by Gasteiger charge is 1.97. The molecular formula is C13H17BrN2. The summed E-state index contributed by atoms with van der Waals surface area (Å²) >= 11 is 0. The highest BCUT2D eigenvalue weighted by Crippen LogP contribution is 2.05. The van der Waals surface area contributed by atoms with Gasteiger partial charge in [-0.1, -0.05) is 29.8 Å². The summed E-state index contributed by atoms with van der Waals surface area (Å²) in [6, 6.07) is 8.80. The topological polar surface area (TPSA) is 19.7 Å². The largest absolute Gasteiger partial charge is 1.00 e. The van der Waals surface area contributed by atoms with Gasteiger partial charge >= 0.3 is 0 Å². The summed E-state index contributed by atoms with van der Waals surface area (Å²) in [4.78, 5) is 3.05. The number of H-pyrrole nitrogens is 1. The number of aryl methyl sites for hydroxylation is 3. The third-order valence-electron chi connectivity index (χ3n) is 2.60. The van der Waals surface area contributed by atoms with E-state index in [-0.39, 0.29) is 17.0 Å². The summed E-state index contributed by atoms with van der Waals surface area (Å²) in [5, 5.41) is 0. The number of nitrogens with zero attached hydrogens (tertiary/aromatic N) is 1. The Hall–Kier alpha value is -1.09. The number of aromatic amines is 1. The van der Waals surface area contributed by atoms with Gasteiger partial charge < -0.3 is 17.0 Å². The van der Waals surface area contributed by atoms with Gasteiger partial charge in [-0.25, -0.2) is 4.57 Å². The van der Waals surface area contributed by atoms with Gasteiger partial charge in [-0.15, -0.1) is 0 Å². The second-order valence-corrected chi connectivity index (χ2v) is 3.94. The molecule has 0 spiro atoms. The van der Waals surface area contributed by atoms with Crippen LogP contribution in [0.4, 0.5) is 0 Å². The van der Waals surface area contributed by atoms with Gasteiger partial charge in [-0.3, -0.25) is 4.98 Å². The highest BCUT2D eigenvalue weighted by molar-refractivity contribution is 5.21. The van der Waals surface area contributed by atoms with E-state index in [0.29, 0.717) is 0 Å². The Kier molecular flexibility index (Phi) is 5.26. The van der Waals surface area contributed by atoms with Crippen molar-refractivity contribution in [2.24, 2.45) is 0 Å². The molecule has 0 unspecified atom stereocenters. The molecule has 0 amide bonds. The van der Waals surface area contributed by atoms with Gasteiger partial charge in [0.25, 0.3) is 0 Å². The van der Waals surface area contributed by atoms with Gasteiger partial charge in [0, 0.05) is 0 Å². The van der Waals surface area contributed by atoms with E-state index in [1.165, 1.54) is 17.5 Å². The molecular weight excluding hydrogens is 264 g/mol. The zero-order chi connectivity index (χ0) is 10.5. The van der Waals surface area contributed by atoms with Crippen LogP contribution in [0.15, 0.2) is 43.0 Å². The predicted molar refractivity (Wildman–Crippen MR) is 60.5 cm³/mol. The van der Waals surface area contributed by atoms with E-state index in [0.717, 1.165) is 13.0 Å². The maximum Gasteiger partial charge on any atom is 0.241 e. The van der Waals surface area contributed by atoms with Crippen molar-refractivity contribution in [3.8, 4) is 0 Å². The fraction of sp³-hybridized carbons (Fsp3) is 0.308. The lowest BCUT2D eigenvalue weighted by atomic mass is 10.1. The summed E-state index contributed by atoms with van der Waals surface area (Å²) in [6.07, 6.45) is 8.35. The van der Waals surface area contributed by atoms with Crippen molar-refractivity contribution in [3.05, 3.63) is 54.1 Å². The maximum atomic E-state index is 3.05. The van der Waals surface area contributed by atoms with Crippen LogP contribution in [-0.2, 0) is 13.0 Å². The van der Waals surface area contributed by atoms with E-state index in [1.54, 1.807) is 0 Å². The molecule has 3 heteroatoms. The molecule has 0 aliphatic heterocycles. The second-order valence-electron chi connectivity index (χ2n) is 3.94. The molecule has 1 aromatic heterocycles. The van der Waals surface area contributed by atoms with Crippen molar-refractivity contribution in [2.75, 3.05) is 0 Å². The number of hydrogen-bond donors (Lipinski definition) is 1. The van der Waals surface area contributed by atoms with E-state index >= 15 is 0 Å². The van der Waals surface area contributed by atoms with Gasteiger partial charge in [-0.2, -0.15) is 0 Å². The minimum absolute atomic E-state index is 0. The molecule has 2 aromatic rings. The van der Waals surface area contributed by atoms with Crippen LogP contribution < -0.4 is 21.5 Å². The van der Waals surface area contributed by atoms with Crippen LogP contribution in [0.5, 0.6) is 0 Å². The van der Waals surface area contributed by atoms with Crippen molar-refractivity contribution in [2.45, 2.75) is 26.3 Å². The van der Waals surface area contributed by atoms with Gasteiger partial charge in [0.15, 0.2) is 0 Å². The molecule has 1 N–H and O–H groups in total. The molecule has 0 bridgehead atoms. The minimum atomic E-state index is 0. The Morgan fingerprint density at radius 1 is 1.19 bits per heavy atom. The molecule has 2 nitrogen and oxygen atoms in total. The van der Waals surface area contributed by atoms with Crippen LogP contribution in [0.2, 0.25) is 0 Å². The van der Waals surface area contributed by atoms with Crippen LogP contribution in [0.3, 0.4) is 0 Å². The van der Waals surface area contributed by atoms with Crippen LogP contribution in [0.25, 0.3) is 0 Å². The molecule has 0 atom stereocenters. The third kappa shape index (κ3) is 3.81. The number of imidazole rings is 1. The zero-order valence-electron chi connectivity index (χ0n) is 9.49. The molecule has 0 fully saturated rings. The second kappa shape index (κ2) is 6.48. The van der Waals surface area contributed by atoms with Crippen LogP contribution >= 0.6 is 0 Å². The van der Waals surface area contributed by atoms with E-state index < -0.39 is 0 Å². The normalized spacial score (nSPS) is 9.81. The van der Waals surface area contributed by atoms with E-state index in [9.17, 15) is 0 Å². The van der Waals surface area contributed by atoms with Gasteiger partial charge in [0.1, 0.15) is 12.4 Å². The lowest BCUT2D eigenvalue weighted by Gasteiger charge is -2.00. The molecule has 0 radical (unpaired) electrons. The molecule has 16 heavy (non-hydrogen) atoms. The fourth-order valence-electron chi connectivity index (χ4n) is 1.68. The van der Waals surface area contributed by atoms with Gasteiger partial charge in [-0.05, 0) is 25.3 Å². The number of benzene rings is 1. The monoisotopic (exact) mass is 280 g/mol. The summed E-state index contributed by atoms with van der Waals surface area (Å²) in [6.45, 7) is 3.21. The first-order valence-electron chi connectivity index (χ1n) is 5.42. The summed E-state index contributed by atoms with van der Waals surface area (Å²) in [5.41, 5.74) is 2.76. The van der Waals surface area contributed by atoms with Crippen molar-refractivity contribution >= 4 is 0 Å². The summed E-state index contributed by atoms with van der Waals surface area (Å²) < 4.78 is 2.17.